The van der Waals surface area contributed by atoms with Gasteiger partial charge in [0, 0.05) is 22.6 Å². The summed E-state index contributed by atoms with van der Waals surface area (Å²) < 4.78 is 5.33. The topological polar surface area (TPSA) is 29.5 Å². The number of hydrogen-bond acceptors (Lipinski definition) is 3. The van der Waals surface area contributed by atoms with Gasteiger partial charge in [-0.2, -0.15) is 0 Å². The van der Waals surface area contributed by atoms with Crippen molar-refractivity contribution < 1.29 is 9.53 Å². The molecular weight excluding hydrogens is 358 g/mol. The lowest BCUT2D eigenvalue weighted by Crippen LogP contribution is -2.11. The van der Waals surface area contributed by atoms with Crippen LogP contribution in [0.1, 0.15) is 29.2 Å². The summed E-state index contributed by atoms with van der Waals surface area (Å²) in [4.78, 5) is 14.0. The van der Waals surface area contributed by atoms with Crippen LogP contribution in [-0.2, 0) is 4.79 Å². The van der Waals surface area contributed by atoms with Gasteiger partial charge < -0.3 is 9.64 Å². The highest BCUT2D eigenvalue weighted by atomic mass is 16.5. The molecule has 3 rings (SSSR count). The first-order valence-corrected chi connectivity index (χ1v) is 9.68. The molecule has 0 saturated heterocycles. The van der Waals surface area contributed by atoms with Crippen LogP contribution in [0.2, 0.25) is 0 Å². The van der Waals surface area contributed by atoms with Crippen molar-refractivity contribution >= 4 is 23.0 Å². The Morgan fingerprint density at radius 3 is 1.59 bits per heavy atom. The van der Waals surface area contributed by atoms with Crippen LogP contribution in [0.25, 0.3) is 0 Å². The molecule has 3 heteroatoms. The van der Waals surface area contributed by atoms with E-state index in [1.54, 1.807) is 6.92 Å². The van der Waals surface area contributed by atoms with Crippen LogP contribution in [0.3, 0.4) is 0 Å². The highest BCUT2D eigenvalue weighted by Gasteiger charge is 2.14. The molecule has 0 heterocycles. The van der Waals surface area contributed by atoms with E-state index in [2.05, 4.69) is 75.6 Å². The fraction of sp³-hybridized carbons (Fsp3) is 0.192. The van der Waals surface area contributed by atoms with Gasteiger partial charge in [-0.05, 0) is 105 Å². The van der Waals surface area contributed by atoms with E-state index in [0.717, 1.165) is 17.1 Å². The van der Waals surface area contributed by atoms with Gasteiger partial charge in [-0.25, -0.2) is 4.79 Å². The van der Waals surface area contributed by atoms with Crippen molar-refractivity contribution in [2.24, 2.45) is 0 Å². The molecular formula is C26H27NO2. The van der Waals surface area contributed by atoms with Crippen molar-refractivity contribution in [3.63, 3.8) is 0 Å². The molecule has 148 valence electrons. The lowest BCUT2D eigenvalue weighted by atomic mass is 10.1. The molecule has 3 aromatic rings. The Hall–Kier alpha value is -3.33. The van der Waals surface area contributed by atoms with Crippen LogP contribution < -0.4 is 9.64 Å². The summed E-state index contributed by atoms with van der Waals surface area (Å²) in [5, 5.41) is 0. The predicted octanol–water partition coefficient (Wildman–Crippen LogP) is 6.87. The first kappa shape index (κ1) is 20.4. The van der Waals surface area contributed by atoms with E-state index in [0.29, 0.717) is 11.3 Å². The largest absolute Gasteiger partial charge is 0.423 e. The standard InChI is InChI=1S/C26H27NO2/c1-17(2)26(28)29-25-13-11-22(12-14-25)27(23-9-7-18(3)20(5)15-23)24-10-8-19(4)21(6)16-24/h7-16H,1H2,2-6H3. The van der Waals surface area contributed by atoms with E-state index >= 15 is 0 Å². The molecule has 0 atom stereocenters. The van der Waals surface area contributed by atoms with Crippen LogP contribution in [0.4, 0.5) is 17.1 Å². The van der Waals surface area contributed by atoms with Crippen molar-refractivity contribution in [1.29, 1.82) is 0 Å². The van der Waals surface area contributed by atoms with Gasteiger partial charge in [0.05, 0.1) is 0 Å². The molecule has 0 aliphatic carbocycles. The molecule has 0 aromatic heterocycles. The highest BCUT2D eigenvalue weighted by molar-refractivity contribution is 5.89. The molecule has 3 aromatic carbocycles. The SMILES string of the molecule is C=C(C)C(=O)Oc1ccc(N(c2ccc(C)c(C)c2)c2ccc(C)c(C)c2)cc1. The number of hydrogen-bond donors (Lipinski definition) is 0. The summed E-state index contributed by atoms with van der Waals surface area (Å²) in [6.45, 7) is 13.7. The highest BCUT2D eigenvalue weighted by Crippen LogP contribution is 2.36. The second-order valence-electron chi connectivity index (χ2n) is 7.54. The van der Waals surface area contributed by atoms with E-state index in [9.17, 15) is 4.79 Å². The number of rotatable bonds is 5. The summed E-state index contributed by atoms with van der Waals surface area (Å²) in [6.07, 6.45) is 0. The van der Waals surface area contributed by atoms with Gasteiger partial charge in [0.2, 0.25) is 0 Å². The second kappa shape index (κ2) is 8.36. The molecule has 0 bridgehead atoms. The summed E-state index contributed by atoms with van der Waals surface area (Å²) in [6, 6.07) is 20.5. The van der Waals surface area contributed by atoms with Crippen molar-refractivity contribution in [3.8, 4) is 5.75 Å². The molecule has 0 fully saturated rings. The van der Waals surface area contributed by atoms with E-state index in [1.807, 2.05) is 24.3 Å². The van der Waals surface area contributed by atoms with Crippen LogP contribution in [-0.4, -0.2) is 5.97 Å². The fourth-order valence-electron chi connectivity index (χ4n) is 3.03. The zero-order valence-electron chi connectivity index (χ0n) is 17.7. The van der Waals surface area contributed by atoms with Crippen molar-refractivity contribution in [3.05, 3.63) is 95.1 Å². The van der Waals surface area contributed by atoms with E-state index in [4.69, 9.17) is 4.74 Å². The maximum atomic E-state index is 11.8. The third-order valence-corrected chi connectivity index (χ3v) is 5.15. The predicted molar refractivity (Wildman–Crippen MR) is 121 cm³/mol. The molecule has 0 aliphatic heterocycles. The van der Waals surface area contributed by atoms with Gasteiger partial charge in [0.15, 0.2) is 0 Å². The number of carbonyl (C=O) groups is 1. The maximum Gasteiger partial charge on any atom is 0.338 e. The first-order valence-electron chi connectivity index (χ1n) is 9.68. The molecule has 0 radical (unpaired) electrons. The van der Waals surface area contributed by atoms with Crippen LogP contribution in [0, 0.1) is 27.7 Å². The number of aryl methyl sites for hydroxylation is 4. The van der Waals surface area contributed by atoms with Crippen LogP contribution >= 0.6 is 0 Å². The quantitative estimate of drug-likeness (QED) is 0.273. The van der Waals surface area contributed by atoms with Crippen molar-refractivity contribution in [2.75, 3.05) is 4.90 Å². The Balaban J connectivity index is 2.05. The number of esters is 1. The average Bonchev–Trinajstić information content (AvgIpc) is 2.68. The van der Waals surface area contributed by atoms with Crippen molar-refractivity contribution in [2.45, 2.75) is 34.6 Å². The molecule has 29 heavy (non-hydrogen) atoms. The Kier molecular flexibility index (Phi) is 5.88. The minimum absolute atomic E-state index is 0.376. The van der Waals surface area contributed by atoms with E-state index in [-0.39, 0.29) is 0 Å². The fourth-order valence-corrected chi connectivity index (χ4v) is 3.03. The van der Waals surface area contributed by atoms with Gasteiger partial charge in [0.1, 0.15) is 5.75 Å². The summed E-state index contributed by atoms with van der Waals surface area (Å²) in [7, 11) is 0. The van der Waals surface area contributed by atoms with Gasteiger partial charge in [0.25, 0.3) is 0 Å². The average molecular weight is 386 g/mol. The number of benzene rings is 3. The Bertz CT molecular complexity index is 1010. The lowest BCUT2D eigenvalue weighted by molar-refractivity contribution is -0.130. The van der Waals surface area contributed by atoms with Gasteiger partial charge in [-0.3, -0.25) is 0 Å². The first-order chi connectivity index (χ1) is 13.8. The van der Waals surface area contributed by atoms with Crippen LogP contribution in [0.15, 0.2) is 72.8 Å². The normalized spacial score (nSPS) is 10.5. The molecule has 0 aliphatic rings. The molecule has 3 nitrogen and oxygen atoms in total. The molecule has 0 amide bonds. The number of ether oxygens (including phenoxy) is 1. The summed E-state index contributed by atoms with van der Waals surface area (Å²) >= 11 is 0. The van der Waals surface area contributed by atoms with Crippen molar-refractivity contribution in [1.82, 2.24) is 0 Å². The van der Waals surface area contributed by atoms with E-state index in [1.165, 1.54) is 22.3 Å². The lowest BCUT2D eigenvalue weighted by Gasteiger charge is -2.27. The third-order valence-electron chi connectivity index (χ3n) is 5.15. The molecule has 0 spiro atoms. The molecule has 0 N–H and O–H groups in total. The monoisotopic (exact) mass is 385 g/mol. The molecule has 0 unspecified atom stereocenters. The number of nitrogens with zero attached hydrogens (tertiary/aromatic N) is 1. The third kappa shape index (κ3) is 4.57. The van der Waals surface area contributed by atoms with Gasteiger partial charge in [-0.15, -0.1) is 0 Å². The second-order valence-corrected chi connectivity index (χ2v) is 7.54. The Labute approximate surface area is 173 Å². The van der Waals surface area contributed by atoms with E-state index < -0.39 is 5.97 Å². The Morgan fingerprint density at radius 1 is 0.724 bits per heavy atom. The zero-order valence-corrected chi connectivity index (χ0v) is 17.7. The maximum absolute atomic E-state index is 11.8. The van der Waals surface area contributed by atoms with Crippen LogP contribution in [0.5, 0.6) is 5.75 Å². The van der Waals surface area contributed by atoms with Gasteiger partial charge >= 0.3 is 5.97 Å². The zero-order chi connectivity index (χ0) is 21.1. The summed E-state index contributed by atoms with van der Waals surface area (Å²) in [5.74, 6) is 0.0831. The number of anilines is 3. The number of carbonyl (C=O) groups excluding carboxylic acids is 1. The Morgan fingerprint density at radius 2 is 1.17 bits per heavy atom. The smallest absolute Gasteiger partial charge is 0.338 e. The van der Waals surface area contributed by atoms with Gasteiger partial charge in [-0.1, -0.05) is 18.7 Å². The minimum atomic E-state index is -0.419. The minimum Gasteiger partial charge on any atom is -0.423 e. The summed E-state index contributed by atoms with van der Waals surface area (Å²) in [5.41, 5.74) is 8.54. The molecule has 0 saturated carbocycles.